The summed E-state index contributed by atoms with van der Waals surface area (Å²) in [5.41, 5.74) is 7.54. The number of nitrogen functional groups attached to an aromatic ring is 1. The number of hydrogen-bond acceptors (Lipinski definition) is 4. The van der Waals surface area contributed by atoms with Crippen LogP contribution in [0.15, 0.2) is 6.20 Å². The summed E-state index contributed by atoms with van der Waals surface area (Å²) in [6, 6.07) is 0. The molecule has 0 aromatic carbocycles. The first-order valence-corrected chi connectivity index (χ1v) is 6.51. The van der Waals surface area contributed by atoms with Gasteiger partial charge in [0, 0.05) is 13.0 Å². The Morgan fingerprint density at radius 2 is 2.35 bits per heavy atom. The van der Waals surface area contributed by atoms with Crippen LogP contribution in [0.2, 0.25) is 0 Å². The number of aromatic nitrogens is 2. The van der Waals surface area contributed by atoms with Gasteiger partial charge in [-0.3, -0.25) is 0 Å². The van der Waals surface area contributed by atoms with E-state index in [-0.39, 0.29) is 0 Å². The molecular weight excluding hydrogens is 214 g/mol. The Morgan fingerprint density at radius 3 is 3.06 bits per heavy atom. The molecule has 1 unspecified atom stereocenters. The number of rotatable bonds is 4. The van der Waals surface area contributed by atoms with Gasteiger partial charge in [0.05, 0.1) is 23.7 Å². The topological polar surface area (TPSA) is 61.0 Å². The van der Waals surface area contributed by atoms with Crippen LogP contribution >= 0.6 is 0 Å². The Bertz CT molecular complexity index is 362. The average Bonchev–Trinajstić information content (AvgIpc) is 2.35. The van der Waals surface area contributed by atoms with Gasteiger partial charge in [0.2, 0.25) is 0 Å². The normalized spacial score (nSPS) is 20.4. The molecule has 1 aromatic rings. The van der Waals surface area contributed by atoms with E-state index in [1.807, 2.05) is 0 Å². The minimum atomic E-state index is 0.293. The number of ether oxygens (including phenoxy) is 1. The fourth-order valence-electron chi connectivity index (χ4n) is 2.18. The molecule has 0 bridgehead atoms. The van der Waals surface area contributed by atoms with Gasteiger partial charge in [-0.25, -0.2) is 9.97 Å². The Kier molecular flexibility index (Phi) is 4.31. The average molecular weight is 235 g/mol. The maximum Gasteiger partial charge on any atom is 0.131 e. The monoisotopic (exact) mass is 235 g/mol. The molecule has 4 nitrogen and oxygen atoms in total. The molecule has 0 spiro atoms. The van der Waals surface area contributed by atoms with E-state index in [0.29, 0.717) is 11.8 Å². The van der Waals surface area contributed by atoms with Crippen LogP contribution in [-0.4, -0.2) is 22.7 Å². The second-order valence-electron chi connectivity index (χ2n) is 4.63. The SMILES string of the molecule is CCCc1nc(CC2CCCCO2)ncc1N. The van der Waals surface area contributed by atoms with E-state index < -0.39 is 0 Å². The van der Waals surface area contributed by atoms with Crippen LogP contribution in [0, 0.1) is 0 Å². The Hall–Kier alpha value is -1.16. The van der Waals surface area contributed by atoms with Crippen LogP contribution in [0.3, 0.4) is 0 Å². The highest BCUT2D eigenvalue weighted by molar-refractivity contribution is 5.40. The van der Waals surface area contributed by atoms with Crippen LogP contribution in [0.4, 0.5) is 5.69 Å². The lowest BCUT2D eigenvalue weighted by Crippen LogP contribution is -2.22. The minimum Gasteiger partial charge on any atom is -0.396 e. The van der Waals surface area contributed by atoms with Gasteiger partial charge in [0.25, 0.3) is 0 Å². The summed E-state index contributed by atoms with van der Waals surface area (Å²) in [5.74, 6) is 0.870. The number of nitrogens with zero attached hydrogens (tertiary/aromatic N) is 2. The van der Waals surface area contributed by atoms with Gasteiger partial charge in [-0.1, -0.05) is 13.3 Å². The van der Waals surface area contributed by atoms with E-state index in [4.69, 9.17) is 10.5 Å². The molecule has 1 aliphatic rings. The lowest BCUT2D eigenvalue weighted by atomic mass is 10.1. The Labute approximate surface area is 103 Å². The summed E-state index contributed by atoms with van der Waals surface area (Å²) in [6.07, 6.45) is 8.38. The summed E-state index contributed by atoms with van der Waals surface area (Å²) in [5, 5.41) is 0. The molecule has 2 heterocycles. The van der Waals surface area contributed by atoms with Crippen LogP contribution in [0.25, 0.3) is 0 Å². The van der Waals surface area contributed by atoms with Crippen molar-refractivity contribution in [3.05, 3.63) is 17.7 Å². The van der Waals surface area contributed by atoms with E-state index >= 15 is 0 Å². The van der Waals surface area contributed by atoms with Gasteiger partial charge in [-0.2, -0.15) is 0 Å². The predicted molar refractivity (Wildman–Crippen MR) is 67.7 cm³/mol. The Balaban J connectivity index is 2.02. The van der Waals surface area contributed by atoms with E-state index in [0.717, 1.165) is 43.8 Å². The fourth-order valence-corrected chi connectivity index (χ4v) is 2.18. The summed E-state index contributed by atoms with van der Waals surface area (Å²) >= 11 is 0. The highest BCUT2D eigenvalue weighted by Gasteiger charge is 2.16. The summed E-state index contributed by atoms with van der Waals surface area (Å²) in [6.45, 7) is 3.01. The van der Waals surface area contributed by atoms with Crippen LogP contribution in [-0.2, 0) is 17.6 Å². The highest BCUT2D eigenvalue weighted by Crippen LogP contribution is 2.17. The summed E-state index contributed by atoms with van der Waals surface area (Å²) in [7, 11) is 0. The molecule has 0 amide bonds. The van der Waals surface area contributed by atoms with Gasteiger partial charge in [-0.15, -0.1) is 0 Å². The standard InChI is InChI=1S/C13H21N3O/c1-2-5-12-11(14)9-15-13(16-12)8-10-6-3-4-7-17-10/h9-10H,2-8,14H2,1H3. The zero-order valence-corrected chi connectivity index (χ0v) is 10.5. The first kappa shape index (κ1) is 12.3. The van der Waals surface area contributed by atoms with Gasteiger partial charge < -0.3 is 10.5 Å². The van der Waals surface area contributed by atoms with Gasteiger partial charge in [0.15, 0.2) is 0 Å². The zero-order chi connectivity index (χ0) is 12.1. The first-order chi connectivity index (χ1) is 8.29. The summed E-state index contributed by atoms with van der Waals surface area (Å²) < 4.78 is 5.70. The smallest absolute Gasteiger partial charge is 0.131 e. The molecule has 4 heteroatoms. The molecule has 1 fully saturated rings. The highest BCUT2D eigenvalue weighted by atomic mass is 16.5. The molecule has 0 radical (unpaired) electrons. The molecule has 1 saturated heterocycles. The molecule has 94 valence electrons. The predicted octanol–water partition coefficient (Wildman–Crippen LogP) is 2.12. The van der Waals surface area contributed by atoms with Crippen molar-refractivity contribution in [2.24, 2.45) is 0 Å². The second-order valence-corrected chi connectivity index (χ2v) is 4.63. The number of hydrogen-bond donors (Lipinski definition) is 1. The van der Waals surface area contributed by atoms with E-state index in [1.54, 1.807) is 6.20 Å². The van der Waals surface area contributed by atoms with Crippen molar-refractivity contribution >= 4 is 5.69 Å². The third kappa shape index (κ3) is 3.40. The van der Waals surface area contributed by atoms with Crippen molar-refractivity contribution in [1.29, 1.82) is 0 Å². The van der Waals surface area contributed by atoms with Crippen LogP contribution < -0.4 is 5.73 Å². The van der Waals surface area contributed by atoms with Crippen molar-refractivity contribution in [1.82, 2.24) is 9.97 Å². The summed E-state index contributed by atoms with van der Waals surface area (Å²) in [4.78, 5) is 8.84. The third-order valence-electron chi connectivity index (χ3n) is 3.12. The number of aryl methyl sites for hydroxylation is 1. The fraction of sp³-hybridized carbons (Fsp3) is 0.692. The van der Waals surface area contributed by atoms with Crippen LogP contribution in [0.5, 0.6) is 0 Å². The molecule has 1 aliphatic heterocycles. The van der Waals surface area contributed by atoms with Gasteiger partial charge in [-0.05, 0) is 25.7 Å². The van der Waals surface area contributed by atoms with Crippen molar-refractivity contribution in [2.45, 2.75) is 51.6 Å². The van der Waals surface area contributed by atoms with Crippen molar-refractivity contribution in [2.75, 3.05) is 12.3 Å². The molecule has 1 aromatic heterocycles. The van der Waals surface area contributed by atoms with Crippen molar-refractivity contribution in [3.63, 3.8) is 0 Å². The maximum atomic E-state index is 5.85. The van der Waals surface area contributed by atoms with Gasteiger partial charge in [0.1, 0.15) is 5.82 Å². The Morgan fingerprint density at radius 1 is 1.47 bits per heavy atom. The molecule has 17 heavy (non-hydrogen) atoms. The van der Waals surface area contributed by atoms with E-state index in [1.165, 1.54) is 12.8 Å². The lowest BCUT2D eigenvalue weighted by molar-refractivity contribution is 0.0156. The number of nitrogens with two attached hydrogens (primary N) is 1. The second kappa shape index (κ2) is 5.96. The molecule has 1 atom stereocenters. The molecule has 2 N–H and O–H groups in total. The van der Waals surface area contributed by atoms with Crippen molar-refractivity contribution in [3.8, 4) is 0 Å². The third-order valence-corrected chi connectivity index (χ3v) is 3.12. The maximum absolute atomic E-state index is 5.85. The molecular formula is C13H21N3O. The molecule has 0 saturated carbocycles. The first-order valence-electron chi connectivity index (χ1n) is 6.51. The quantitative estimate of drug-likeness (QED) is 0.868. The molecule has 0 aliphatic carbocycles. The van der Waals surface area contributed by atoms with Crippen LogP contribution in [0.1, 0.15) is 44.1 Å². The minimum absolute atomic E-state index is 0.293. The van der Waals surface area contributed by atoms with E-state index in [9.17, 15) is 0 Å². The zero-order valence-electron chi connectivity index (χ0n) is 10.5. The van der Waals surface area contributed by atoms with E-state index in [2.05, 4.69) is 16.9 Å². The van der Waals surface area contributed by atoms with Gasteiger partial charge >= 0.3 is 0 Å². The van der Waals surface area contributed by atoms with Crippen molar-refractivity contribution < 1.29 is 4.74 Å². The number of anilines is 1. The lowest BCUT2D eigenvalue weighted by Gasteiger charge is -2.21. The largest absolute Gasteiger partial charge is 0.396 e. The molecule has 2 rings (SSSR count).